The molecule has 0 saturated carbocycles. The van der Waals surface area contributed by atoms with E-state index in [1.165, 1.54) is 11.7 Å². The number of carbonyl (C=O) groups is 1. The quantitative estimate of drug-likeness (QED) is 0.575. The fraction of sp³-hybridized carbons (Fsp3) is 0.133. The minimum atomic E-state index is -0.407. The van der Waals surface area contributed by atoms with Crippen molar-refractivity contribution in [3.63, 3.8) is 0 Å². The Hall–Kier alpha value is -2.25. The van der Waals surface area contributed by atoms with Gasteiger partial charge in [-0.2, -0.15) is 4.37 Å². The zero-order chi connectivity index (χ0) is 15.1. The van der Waals surface area contributed by atoms with Crippen molar-refractivity contribution >= 4 is 50.8 Å². The second kappa shape index (κ2) is 5.19. The largest absolute Gasteiger partial charge is 0.461 e. The van der Waals surface area contributed by atoms with E-state index >= 15 is 0 Å². The molecular weight excluding hydrogens is 318 g/mol. The summed E-state index contributed by atoms with van der Waals surface area (Å²) in [6.07, 6.45) is 0. The van der Waals surface area contributed by atoms with Gasteiger partial charge in [0.2, 0.25) is 0 Å². The highest BCUT2D eigenvalue weighted by Gasteiger charge is 2.23. The predicted molar refractivity (Wildman–Crippen MR) is 88.5 cm³/mol. The van der Waals surface area contributed by atoms with E-state index in [1.54, 1.807) is 18.3 Å². The van der Waals surface area contributed by atoms with Crippen molar-refractivity contribution in [1.29, 1.82) is 0 Å². The number of thiophene rings is 1. The van der Waals surface area contributed by atoms with Crippen LogP contribution in [0.5, 0.6) is 0 Å². The molecule has 4 rings (SSSR count). The SMILES string of the molecule is CCOC(=O)c1nc(-c2cccs2)c2ccc3[nH]snc3c12. The molecule has 1 aromatic carbocycles. The van der Waals surface area contributed by atoms with E-state index in [-0.39, 0.29) is 0 Å². The zero-order valence-electron chi connectivity index (χ0n) is 11.6. The maximum absolute atomic E-state index is 12.3. The number of ether oxygens (including phenoxy) is 1. The molecule has 0 aliphatic rings. The molecule has 110 valence electrons. The highest BCUT2D eigenvalue weighted by molar-refractivity contribution is 7.13. The van der Waals surface area contributed by atoms with Gasteiger partial charge in [0.25, 0.3) is 0 Å². The Morgan fingerprint density at radius 2 is 2.27 bits per heavy atom. The van der Waals surface area contributed by atoms with E-state index in [0.717, 1.165) is 32.4 Å². The van der Waals surface area contributed by atoms with Crippen LogP contribution in [-0.2, 0) is 4.74 Å². The summed E-state index contributed by atoms with van der Waals surface area (Å²) >= 11 is 2.85. The van der Waals surface area contributed by atoms with Crippen molar-refractivity contribution in [2.24, 2.45) is 0 Å². The Balaban J connectivity index is 2.08. The lowest BCUT2D eigenvalue weighted by molar-refractivity contribution is 0.0523. The second-order valence-corrected chi connectivity index (χ2v) is 6.19. The monoisotopic (exact) mass is 329 g/mol. The van der Waals surface area contributed by atoms with Crippen LogP contribution in [0.1, 0.15) is 17.4 Å². The molecule has 0 fully saturated rings. The first-order valence-corrected chi connectivity index (χ1v) is 8.42. The summed E-state index contributed by atoms with van der Waals surface area (Å²) in [6.45, 7) is 2.11. The van der Waals surface area contributed by atoms with Crippen LogP contribution >= 0.6 is 23.1 Å². The molecule has 0 atom stereocenters. The van der Waals surface area contributed by atoms with Crippen molar-refractivity contribution in [3.8, 4) is 10.6 Å². The van der Waals surface area contributed by atoms with Gasteiger partial charge in [-0.3, -0.25) is 4.37 Å². The third-order valence-corrected chi connectivity index (χ3v) is 4.87. The van der Waals surface area contributed by atoms with Gasteiger partial charge in [0.15, 0.2) is 5.69 Å². The van der Waals surface area contributed by atoms with Crippen molar-refractivity contribution in [2.45, 2.75) is 6.92 Å². The standard InChI is InChI=1S/C15H11N3O2S2/c1-2-20-15(19)14-11-8(5-6-9-13(11)18-22-17-9)12(16-14)10-4-3-7-21-10/h3-7,17H,2H2,1H3. The van der Waals surface area contributed by atoms with Crippen LogP contribution < -0.4 is 0 Å². The first kappa shape index (κ1) is 13.4. The Bertz CT molecular complexity index is 970. The first-order chi connectivity index (χ1) is 10.8. The number of hydrogen-bond acceptors (Lipinski definition) is 6. The molecule has 0 spiro atoms. The first-order valence-electron chi connectivity index (χ1n) is 6.77. The summed E-state index contributed by atoms with van der Waals surface area (Å²) in [5, 5.41) is 3.68. The molecule has 0 saturated heterocycles. The Morgan fingerprint density at radius 3 is 3.05 bits per heavy atom. The minimum Gasteiger partial charge on any atom is -0.461 e. The normalized spacial score (nSPS) is 11.3. The average molecular weight is 329 g/mol. The Kier molecular flexibility index (Phi) is 3.16. The highest BCUT2D eigenvalue weighted by Crippen LogP contribution is 2.36. The number of fused-ring (bicyclic) bond motifs is 3. The molecule has 4 aromatic rings. The van der Waals surface area contributed by atoms with E-state index in [4.69, 9.17) is 4.74 Å². The lowest BCUT2D eigenvalue weighted by Gasteiger charge is -1.99. The van der Waals surface area contributed by atoms with Gasteiger partial charge < -0.3 is 4.74 Å². The molecule has 0 aliphatic carbocycles. The third-order valence-electron chi connectivity index (χ3n) is 3.41. The molecule has 22 heavy (non-hydrogen) atoms. The summed E-state index contributed by atoms with van der Waals surface area (Å²) < 4.78 is 12.7. The number of aromatic amines is 1. The van der Waals surface area contributed by atoms with Gasteiger partial charge in [-0.05, 0) is 30.5 Å². The van der Waals surface area contributed by atoms with Crippen LogP contribution in [0.25, 0.3) is 32.4 Å². The fourth-order valence-corrected chi connectivity index (χ4v) is 3.82. The van der Waals surface area contributed by atoms with Gasteiger partial charge >= 0.3 is 5.97 Å². The van der Waals surface area contributed by atoms with Gasteiger partial charge in [-0.15, -0.1) is 11.3 Å². The Labute approximate surface area is 133 Å². The summed E-state index contributed by atoms with van der Waals surface area (Å²) in [4.78, 5) is 17.9. The van der Waals surface area contributed by atoms with E-state index in [2.05, 4.69) is 13.7 Å². The summed E-state index contributed by atoms with van der Waals surface area (Å²) in [7, 11) is 0. The number of aromatic nitrogens is 3. The number of nitrogens with one attached hydrogen (secondary N) is 1. The van der Waals surface area contributed by atoms with Crippen LogP contribution in [0, 0.1) is 0 Å². The maximum Gasteiger partial charge on any atom is 0.357 e. The highest BCUT2D eigenvalue weighted by atomic mass is 32.1. The predicted octanol–water partition coefficient (Wildman–Crippen LogP) is 4.08. The molecule has 7 heteroatoms. The van der Waals surface area contributed by atoms with Crippen molar-refractivity contribution in [1.82, 2.24) is 13.7 Å². The summed E-state index contributed by atoms with van der Waals surface area (Å²) in [5.74, 6) is -0.407. The van der Waals surface area contributed by atoms with Crippen molar-refractivity contribution in [3.05, 3.63) is 35.3 Å². The van der Waals surface area contributed by atoms with Crippen LogP contribution in [0.15, 0.2) is 29.6 Å². The summed E-state index contributed by atoms with van der Waals surface area (Å²) in [5.41, 5.74) is 2.81. The molecular formula is C15H11N3O2S2. The van der Waals surface area contributed by atoms with Crippen LogP contribution in [-0.4, -0.2) is 26.3 Å². The fourth-order valence-electron chi connectivity index (χ4n) is 2.50. The van der Waals surface area contributed by atoms with E-state index in [1.807, 2.05) is 29.6 Å². The van der Waals surface area contributed by atoms with Crippen LogP contribution in [0.3, 0.4) is 0 Å². The number of nitrogens with zero attached hydrogens (tertiary/aromatic N) is 2. The van der Waals surface area contributed by atoms with Gasteiger partial charge in [-0.1, -0.05) is 6.07 Å². The number of benzene rings is 1. The summed E-state index contributed by atoms with van der Waals surface area (Å²) in [6, 6.07) is 7.92. The van der Waals surface area contributed by atoms with Gasteiger partial charge in [0.05, 0.1) is 22.7 Å². The molecule has 0 amide bonds. The smallest absolute Gasteiger partial charge is 0.357 e. The van der Waals surface area contributed by atoms with Gasteiger partial charge in [-0.25, -0.2) is 9.78 Å². The van der Waals surface area contributed by atoms with Crippen LogP contribution in [0.4, 0.5) is 0 Å². The maximum atomic E-state index is 12.3. The average Bonchev–Trinajstić information content (AvgIpc) is 3.25. The minimum absolute atomic E-state index is 0.320. The molecule has 1 N–H and O–H groups in total. The van der Waals surface area contributed by atoms with E-state index < -0.39 is 5.97 Å². The molecule has 3 aromatic heterocycles. The van der Waals surface area contributed by atoms with Gasteiger partial charge in [0.1, 0.15) is 5.52 Å². The lowest BCUT2D eigenvalue weighted by Crippen LogP contribution is -2.05. The van der Waals surface area contributed by atoms with Crippen LogP contribution in [0.2, 0.25) is 0 Å². The van der Waals surface area contributed by atoms with E-state index in [0.29, 0.717) is 12.3 Å². The number of H-pyrrole nitrogens is 1. The van der Waals surface area contributed by atoms with Crippen molar-refractivity contribution in [2.75, 3.05) is 6.61 Å². The zero-order valence-corrected chi connectivity index (χ0v) is 13.3. The number of rotatable bonds is 3. The molecule has 0 radical (unpaired) electrons. The third kappa shape index (κ3) is 1.93. The molecule has 0 bridgehead atoms. The second-order valence-electron chi connectivity index (χ2n) is 4.68. The van der Waals surface area contributed by atoms with Gasteiger partial charge in [0, 0.05) is 22.5 Å². The number of carbonyl (C=O) groups excluding carboxylic acids is 1. The van der Waals surface area contributed by atoms with Crippen molar-refractivity contribution < 1.29 is 9.53 Å². The number of hydrogen-bond donors (Lipinski definition) is 1. The number of esters is 1. The molecule has 5 nitrogen and oxygen atoms in total. The molecule has 0 aliphatic heterocycles. The Morgan fingerprint density at radius 1 is 1.36 bits per heavy atom. The molecule has 0 unspecified atom stereocenters. The lowest BCUT2D eigenvalue weighted by atomic mass is 10.1. The topological polar surface area (TPSA) is 67.9 Å². The van der Waals surface area contributed by atoms with E-state index in [9.17, 15) is 4.79 Å². The molecule has 3 heterocycles.